The molecule has 0 spiro atoms. The fourth-order valence-corrected chi connectivity index (χ4v) is 4.33. The third-order valence-corrected chi connectivity index (χ3v) is 6.26. The van der Waals surface area contributed by atoms with E-state index in [4.69, 9.17) is 9.47 Å². The van der Waals surface area contributed by atoms with Gasteiger partial charge in [0.25, 0.3) is 11.8 Å². The van der Waals surface area contributed by atoms with Crippen LogP contribution in [0.2, 0.25) is 0 Å². The number of likely N-dealkylation sites (tertiary alicyclic amines) is 1. The number of rotatable bonds is 9. The molecule has 176 valence electrons. The number of amides is 2. The van der Waals surface area contributed by atoms with Crippen molar-refractivity contribution in [1.29, 1.82) is 0 Å². The molecule has 1 unspecified atom stereocenters. The maximum absolute atomic E-state index is 13.5. The highest BCUT2D eigenvalue weighted by molar-refractivity contribution is 5.95. The zero-order chi connectivity index (χ0) is 23.2. The summed E-state index contributed by atoms with van der Waals surface area (Å²) in [5.41, 5.74) is 1.42. The van der Waals surface area contributed by atoms with E-state index in [1.54, 1.807) is 24.4 Å². The van der Waals surface area contributed by atoms with Gasteiger partial charge < -0.3 is 19.3 Å². The number of pyridine rings is 1. The van der Waals surface area contributed by atoms with Crippen LogP contribution in [-0.2, 0) is 4.79 Å². The number of aromatic nitrogens is 1. The lowest BCUT2D eigenvalue weighted by Crippen LogP contribution is -2.38. The van der Waals surface area contributed by atoms with Gasteiger partial charge in [-0.05, 0) is 76.3 Å². The first-order chi connectivity index (χ1) is 16.1. The summed E-state index contributed by atoms with van der Waals surface area (Å²) in [6.45, 7) is 5.89. The van der Waals surface area contributed by atoms with Gasteiger partial charge in [-0.15, -0.1) is 0 Å². The summed E-state index contributed by atoms with van der Waals surface area (Å²) >= 11 is 0. The zero-order valence-electron chi connectivity index (χ0n) is 19.5. The third-order valence-electron chi connectivity index (χ3n) is 6.26. The van der Waals surface area contributed by atoms with Crippen LogP contribution in [-0.4, -0.2) is 58.9 Å². The zero-order valence-corrected chi connectivity index (χ0v) is 19.5. The molecule has 1 aromatic carbocycles. The summed E-state index contributed by atoms with van der Waals surface area (Å²) < 4.78 is 11.6. The molecule has 0 bridgehead atoms. The molecule has 2 fully saturated rings. The normalized spacial score (nSPS) is 16.7. The molecule has 1 saturated heterocycles. The fourth-order valence-electron chi connectivity index (χ4n) is 4.33. The van der Waals surface area contributed by atoms with Crippen LogP contribution in [0, 0.1) is 0 Å². The number of piperidine rings is 1. The minimum Gasteiger partial charge on any atom is -0.490 e. The fraction of sp³-hybridized carbons (Fsp3) is 0.500. The highest BCUT2D eigenvalue weighted by Gasteiger charge is 2.37. The van der Waals surface area contributed by atoms with Crippen molar-refractivity contribution in [2.24, 2.45) is 0 Å². The van der Waals surface area contributed by atoms with Crippen molar-refractivity contribution < 1.29 is 19.1 Å². The SMILES string of the molecule is CCOc1cc(C(=O)N(C2CC2)C(C)c2ccccn2)ccc1OCC(=O)N1CCCCC1. The van der Waals surface area contributed by atoms with E-state index in [1.165, 1.54) is 6.42 Å². The van der Waals surface area contributed by atoms with E-state index >= 15 is 0 Å². The van der Waals surface area contributed by atoms with E-state index in [1.807, 2.05) is 41.8 Å². The molecule has 0 radical (unpaired) electrons. The number of benzene rings is 1. The highest BCUT2D eigenvalue weighted by atomic mass is 16.5. The van der Waals surface area contributed by atoms with E-state index in [0.717, 1.165) is 44.5 Å². The number of hydrogen-bond acceptors (Lipinski definition) is 5. The molecule has 2 amide bonds. The van der Waals surface area contributed by atoms with Crippen LogP contribution < -0.4 is 9.47 Å². The molecule has 7 nitrogen and oxygen atoms in total. The van der Waals surface area contributed by atoms with Gasteiger partial charge in [0.2, 0.25) is 0 Å². The lowest BCUT2D eigenvalue weighted by molar-refractivity contribution is -0.134. The molecule has 7 heteroatoms. The molecular formula is C26H33N3O4. The Morgan fingerprint density at radius 1 is 1.09 bits per heavy atom. The number of nitrogens with zero attached hydrogens (tertiary/aromatic N) is 3. The van der Waals surface area contributed by atoms with Crippen molar-refractivity contribution in [3.05, 3.63) is 53.9 Å². The molecule has 1 aliphatic carbocycles. The lowest BCUT2D eigenvalue weighted by Gasteiger charge is -2.29. The predicted octanol–water partition coefficient (Wildman–Crippen LogP) is 4.24. The van der Waals surface area contributed by atoms with Crippen LogP contribution in [0.15, 0.2) is 42.6 Å². The molecule has 4 rings (SSSR count). The van der Waals surface area contributed by atoms with E-state index in [-0.39, 0.29) is 30.5 Å². The number of hydrogen-bond donors (Lipinski definition) is 0. The van der Waals surface area contributed by atoms with Crippen LogP contribution in [0.3, 0.4) is 0 Å². The van der Waals surface area contributed by atoms with E-state index < -0.39 is 0 Å². The molecule has 2 aromatic rings. The molecule has 1 aromatic heterocycles. The smallest absolute Gasteiger partial charge is 0.260 e. The van der Waals surface area contributed by atoms with Crippen LogP contribution in [0.4, 0.5) is 0 Å². The Morgan fingerprint density at radius 3 is 2.55 bits per heavy atom. The van der Waals surface area contributed by atoms with Crippen LogP contribution in [0.25, 0.3) is 0 Å². The van der Waals surface area contributed by atoms with Crippen molar-refractivity contribution in [3.8, 4) is 11.5 Å². The minimum absolute atomic E-state index is 0.0126. The van der Waals surface area contributed by atoms with E-state index in [9.17, 15) is 9.59 Å². The van der Waals surface area contributed by atoms with Gasteiger partial charge in [-0.25, -0.2) is 0 Å². The maximum atomic E-state index is 13.5. The van der Waals surface area contributed by atoms with Crippen LogP contribution >= 0.6 is 0 Å². The lowest BCUT2D eigenvalue weighted by atomic mass is 10.1. The van der Waals surface area contributed by atoms with Gasteiger partial charge in [0.15, 0.2) is 18.1 Å². The molecule has 2 aliphatic rings. The molecule has 1 saturated carbocycles. The van der Waals surface area contributed by atoms with Crippen molar-refractivity contribution in [2.75, 3.05) is 26.3 Å². The van der Waals surface area contributed by atoms with Crippen LogP contribution in [0.1, 0.15) is 68.0 Å². The first-order valence-corrected chi connectivity index (χ1v) is 12.0. The van der Waals surface area contributed by atoms with E-state index in [2.05, 4.69) is 4.98 Å². The quantitative estimate of drug-likeness (QED) is 0.570. The summed E-state index contributed by atoms with van der Waals surface area (Å²) in [6.07, 6.45) is 7.02. The van der Waals surface area contributed by atoms with Crippen molar-refractivity contribution in [1.82, 2.24) is 14.8 Å². The average molecular weight is 452 g/mol. The van der Waals surface area contributed by atoms with Gasteiger partial charge in [0.1, 0.15) is 0 Å². The van der Waals surface area contributed by atoms with Crippen molar-refractivity contribution in [2.45, 2.75) is 58.0 Å². The van der Waals surface area contributed by atoms with Gasteiger partial charge in [0.05, 0.1) is 18.3 Å². The monoisotopic (exact) mass is 451 g/mol. The van der Waals surface area contributed by atoms with Crippen molar-refractivity contribution >= 4 is 11.8 Å². The Bertz CT molecular complexity index is 955. The minimum atomic E-state index is -0.125. The molecule has 1 atom stereocenters. The van der Waals surface area contributed by atoms with Gasteiger partial charge in [-0.1, -0.05) is 6.07 Å². The Morgan fingerprint density at radius 2 is 1.88 bits per heavy atom. The van der Waals surface area contributed by atoms with Crippen molar-refractivity contribution in [3.63, 3.8) is 0 Å². The third kappa shape index (κ3) is 5.64. The van der Waals surface area contributed by atoms with Crippen LogP contribution in [0.5, 0.6) is 11.5 Å². The largest absolute Gasteiger partial charge is 0.490 e. The Hall–Kier alpha value is -3.09. The van der Waals surface area contributed by atoms with Gasteiger partial charge in [0, 0.05) is 30.9 Å². The number of ether oxygens (including phenoxy) is 2. The predicted molar refractivity (Wildman–Crippen MR) is 125 cm³/mol. The summed E-state index contributed by atoms with van der Waals surface area (Å²) in [5.74, 6) is 0.902. The standard InChI is InChI=1S/C26H33N3O4/c1-3-32-24-17-20(10-13-23(24)33-18-25(30)28-15-7-4-8-16-28)26(31)29(21-11-12-21)19(2)22-9-5-6-14-27-22/h5-6,9-10,13-14,17,19,21H,3-4,7-8,11-12,15-16,18H2,1-2H3. The number of carbonyl (C=O) groups is 2. The van der Waals surface area contributed by atoms with Gasteiger partial charge in [-0.3, -0.25) is 14.6 Å². The Labute approximate surface area is 195 Å². The van der Waals surface area contributed by atoms with Gasteiger partial charge in [-0.2, -0.15) is 0 Å². The Kier molecular flexibility index (Phi) is 7.47. The summed E-state index contributed by atoms with van der Waals surface area (Å²) in [4.78, 5) is 34.2. The second-order valence-corrected chi connectivity index (χ2v) is 8.70. The van der Waals surface area contributed by atoms with E-state index in [0.29, 0.717) is 23.7 Å². The van der Waals surface area contributed by atoms with Gasteiger partial charge >= 0.3 is 0 Å². The molecule has 0 N–H and O–H groups in total. The maximum Gasteiger partial charge on any atom is 0.260 e. The summed E-state index contributed by atoms with van der Waals surface area (Å²) in [7, 11) is 0. The molecule has 2 heterocycles. The first-order valence-electron chi connectivity index (χ1n) is 12.0. The summed E-state index contributed by atoms with van der Waals surface area (Å²) in [6, 6.07) is 11.1. The average Bonchev–Trinajstić information content (AvgIpc) is 3.69. The Balaban J connectivity index is 1.49. The number of carbonyl (C=O) groups excluding carboxylic acids is 2. The second kappa shape index (κ2) is 10.7. The molecule has 33 heavy (non-hydrogen) atoms. The topological polar surface area (TPSA) is 72.0 Å². The highest BCUT2D eigenvalue weighted by Crippen LogP contribution is 2.36. The second-order valence-electron chi connectivity index (χ2n) is 8.70. The first kappa shape index (κ1) is 23.1. The molecular weight excluding hydrogens is 418 g/mol. The molecule has 1 aliphatic heterocycles. The summed E-state index contributed by atoms with van der Waals surface area (Å²) in [5, 5.41) is 0.